The van der Waals surface area contributed by atoms with Crippen LogP contribution in [0.25, 0.3) is 0 Å². The van der Waals surface area contributed by atoms with Crippen molar-refractivity contribution in [3.8, 4) is 5.75 Å². The molecule has 0 unspecified atom stereocenters. The van der Waals surface area contributed by atoms with E-state index in [4.69, 9.17) is 9.47 Å². The van der Waals surface area contributed by atoms with Crippen LogP contribution in [-0.2, 0) is 14.3 Å². The summed E-state index contributed by atoms with van der Waals surface area (Å²) in [6.45, 7) is 1.35. The molecular weight excluding hydrogens is 320 g/mol. The summed E-state index contributed by atoms with van der Waals surface area (Å²) in [5, 5.41) is 0. The van der Waals surface area contributed by atoms with E-state index in [1.165, 1.54) is 0 Å². The quantitative estimate of drug-likeness (QED) is 0.787. The van der Waals surface area contributed by atoms with Gasteiger partial charge in [0.05, 0.1) is 12.3 Å². The Morgan fingerprint density at radius 2 is 1.88 bits per heavy atom. The van der Waals surface area contributed by atoms with Crippen molar-refractivity contribution in [3.05, 3.63) is 24.5 Å². The lowest BCUT2D eigenvalue weighted by Gasteiger charge is -2.36. The van der Waals surface area contributed by atoms with E-state index in [1.54, 1.807) is 12.4 Å². The van der Waals surface area contributed by atoms with Gasteiger partial charge in [-0.05, 0) is 37.8 Å². The van der Waals surface area contributed by atoms with E-state index in [-0.39, 0.29) is 30.3 Å². The van der Waals surface area contributed by atoms with Crippen LogP contribution in [0.1, 0.15) is 44.9 Å². The van der Waals surface area contributed by atoms with Crippen LogP contribution in [0.3, 0.4) is 0 Å². The molecule has 3 aliphatic rings. The summed E-state index contributed by atoms with van der Waals surface area (Å²) in [6, 6.07) is 3.70. The normalized spacial score (nSPS) is 26.0. The van der Waals surface area contributed by atoms with Crippen molar-refractivity contribution in [2.75, 3.05) is 13.1 Å². The molecule has 25 heavy (non-hydrogen) atoms. The highest BCUT2D eigenvalue weighted by Crippen LogP contribution is 2.46. The molecule has 0 radical (unpaired) electrons. The minimum atomic E-state index is -0.515. The van der Waals surface area contributed by atoms with Crippen LogP contribution >= 0.6 is 0 Å². The van der Waals surface area contributed by atoms with Crippen molar-refractivity contribution in [1.29, 1.82) is 0 Å². The van der Waals surface area contributed by atoms with Gasteiger partial charge in [-0.25, -0.2) is 0 Å². The lowest BCUT2D eigenvalue weighted by molar-refractivity contribution is -0.152. The van der Waals surface area contributed by atoms with Crippen molar-refractivity contribution in [2.24, 2.45) is 5.92 Å². The number of ether oxygens (including phenoxy) is 2. The Hall–Kier alpha value is -2.11. The lowest BCUT2D eigenvalue weighted by Crippen LogP contribution is -2.48. The minimum absolute atomic E-state index is 0.0927. The maximum Gasteiger partial charge on any atom is 0.307 e. The van der Waals surface area contributed by atoms with Gasteiger partial charge < -0.3 is 14.4 Å². The van der Waals surface area contributed by atoms with Gasteiger partial charge in [0.25, 0.3) is 0 Å². The van der Waals surface area contributed by atoms with E-state index in [0.717, 1.165) is 44.3 Å². The van der Waals surface area contributed by atoms with Crippen LogP contribution in [0, 0.1) is 5.92 Å². The monoisotopic (exact) mass is 344 g/mol. The van der Waals surface area contributed by atoms with Gasteiger partial charge in [-0.3, -0.25) is 14.6 Å². The van der Waals surface area contributed by atoms with Crippen LogP contribution in [0.4, 0.5) is 0 Å². The Kier molecular flexibility index (Phi) is 4.36. The molecule has 1 spiro atoms. The molecule has 0 N–H and O–H groups in total. The molecule has 2 saturated heterocycles. The molecule has 1 aliphatic carbocycles. The van der Waals surface area contributed by atoms with E-state index in [1.807, 2.05) is 17.0 Å². The Labute approximate surface area is 147 Å². The third-order valence-electron chi connectivity index (χ3n) is 5.78. The van der Waals surface area contributed by atoms with E-state index in [0.29, 0.717) is 13.1 Å². The molecule has 3 fully saturated rings. The van der Waals surface area contributed by atoms with Crippen molar-refractivity contribution in [2.45, 2.75) is 56.7 Å². The van der Waals surface area contributed by atoms with E-state index >= 15 is 0 Å². The van der Waals surface area contributed by atoms with Gasteiger partial charge >= 0.3 is 5.97 Å². The maximum atomic E-state index is 13.0. The topological polar surface area (TPSA) is 68.7 Å². The number of aromatic nitrogens is 1. The SMILES string of the molecule is O=C1C[C@H](C(=O)N2CCC(Oc3ccncc3)CC2)C2(CCCC2)O1. The highest BCUT2D eigenvalue weighted by atomic mass is 16.6. The first-order chi connectivity index (χ1) is 12.2. The van der Waals surface area contributed by atoms with Crippen LogP contribution in [0.5, 0.6) is 5.75 Å². The highest BCUT2D eigenvalue weighted by molar-refractivity contribution is 5.88. The van der Waals surface area contributed by atoms with Crippen LogP contribution in [0.2, 0.25) is 0 Å². The Bertz CT molecular complexity index is 634. The summed E-state index contributed by atoms with van der Waals surface area (Å²) in [5.41, 5.74) is -0.515. The van der Waals surface area contributed by atoms with Crippen LogP contribution in [0.15, 0.2) is 24.5 Å². The largest absolute Gasteiger partial charge is 0.490 e. The van der Waals surface area contributed by atoms with Gasteiger partial charge in [0.2, 0.25) is 5.91 Å². The fourth-order valence-corrected chi connectivity index (χ4v) is 4.45. The fraction of sp³-hybridized carbons (Fsp3) is 0.632. The number of pyridine rings is 1. The standard InChI is InChI=1S/C19H24N2O4/c22-17-13-16(19(25-17)7-1-2-8-19)18(23)21-11-5-15(6-12-21)24-14-3-9-20-10-4-14/h3-4,9-10,15-16H,1-2,5-8,11-13H2/t16-/m1/s1. The summed E-state index contributed by atoms with van der Waals surface area (Å²) in [7, 11) is 0. The van der Waals surface area contributed by atoms with Gasteiger partial charge in [-0.1, -0.05) is 0 Å². The first kappa shape index (κ1) is 16.4. The molecule has 1 saturated carbocycles. The summed E-state index contributed by atoms with van der Waals surface area (Å²) in [4.78, 5) is 30.7. The first-order valence-electron chi connectivity index (χ1n) is 9.24. The second kappa shape index (κ2) is 6.65. The number of rotatable bonds is 3. The van der Waals surface area contributed by atoms with Crippen molar-refractivity contribution < 1.29 is 19.1 Å². The number of amides is 1. The van der Waals surface area contributed by atoms with Gasteiger partial charge in [0, 0.05) is 38.3 Å². The maximum absolute atomic E-state index is 13.0. The molecule has 2 aliphatic heterocycles. The predicted molar refractivity (Wildman–Crippen MR) is 89.9 cm³/mol. The zero-order chi connectivity index (χ0) is 17.3. The van der Waals surface area contributed by atoms with E-state index in [2.05, 4.69) is 4.98 Å². The number of hydrogen-bond donors (Lipinski definition) is 0. The molecule has 1 amide bonds. The number of carbonyl (C=O) groups excluding carboxylic acids is 2. The Balaban J connectivity index is 1.36. The molecule has 6 heteroatoms. The average molecular weight is 344 g/mol. The number of likely N-dealkylation sites (tertiary alicyclic amines) is 1. The Morgan fingerprint density at radius 1 is 1.20 bits per heavy atom. The molecule has 0 bridgehead atoms. The number of piperidine rings is 1. The third kappa shape index (κ3) is 3.22. The predicted octanol–water partition coefficient (Wildman–Crippen LogP) is 2.33. The smallest absolute Gasteiger partial charge is 0.307 e. The van der Waals surface area contributed by atoms with Gasteiger partial charge in [0.15, 0.2) is 0 Å². The van der Waals surface area contributed by atoms with Crippen LogP contribution in [-0.4, -0.2) is 46.6 Å². The highest BCUT2D eigenvalue weighted by Gasteiger charge is 2.54. The number of nitrogens with zero attached hydrogens (tertiary/aromatic N) is 2. The molecule has 3 heterocycles. The molecule has 1 aromatic rings. The zero-order valence-corrected chi connectivity index (χ0v) is 14.4. The second-order valence-corrected chi connectivity index (χ2v) is 7.33. The molecule has 6 nitrogen and oxygen atoms in total. The Morgan fingerprint density at radius 3 is 2.56 bits per heavy atom. The molecular formula is C19H24N2O4. The molecule has 1 aromatic heterocycles. The minimum Gasteiger partial charge on any atom is -0.490 e. The summed E-state index contributed by atoms with van der Waals surface area (Å²) < 4.78 is 11.6. The van der Waals surface area contributed by atoms with Gasteiger partial charge in [-0.2, -0.15) is 0 Å². The number of esters is 1. The van der Waals surface area contributed by atoms with Crippen LogP contribution < -0.4 is 4.74 Å². The summed E-state index contributed by atoms with van der Waals surface area (Å²) >= 11 is 0. The summed E-state index contributed by atoms with van der Waals surface area (Å²) in [6.07, 6.45) is 9.15. The van der Waals surface area contributed by atoms with Crippen molar-refractivity contribution in [1.82, 2.24) is 9.88 Å². The second-order valence-electron chi connectivity index (χ2n) is 7.33. The van der Waals surface area contributed by atoms with Gasteiger partial charge in [0.1, 0.15) is 17.5 Å². The summed E-state index contributed by atoms with van der Waals surface area (Å²) in [5.74, 6) is 0.408. The number of carbonyl (C=O) groups is 2. The first-order valence-corrected chi connectivity index (χ1v) is 9.24. The molecule has 1 atom stereocenters. The van der Waals surface area contributed by atoms with Gasteiger partial charge in [-0.15, -0.1) is 0 Å². The molecule has 134 valence electrons. The van der Waals surface area contributed by atoms with Crippen molar-refractivity contribution >= 4 is 11.9 Å². The van der Waals surface area contributed by atoms with E-state index < -0.39 is 5.60 Å². The van der Waals surface area contributed by atoms with Crippen molar-refractivity contribution in [3.63, 3.8) is 0 Å². The van der Waals surface area contributed by atoms with E-state index in [9.17, 15) is 9.59 Å². The average Bonchev–Trinajstić information content (AvgIpc) is 3.23. The third-order valence-corrected chi connectivity index (χ3v) is 5.78. The molecule has 0 aromatic carbocycles. The number of hydrogen-bond acceptors (Lipinski definition) is 5. The zero-order valence-electron chi connectivity index (χ0n) is 14.4. The fourth-order valence-electron chi connectivity index (χ4n) is 4.45. The molecule has 4 rings (SSSR count). The lowest BCUT2D eigenvalue weighted by atomic mass is 9.84.